The topological polar surface area (TPSA) is 102 Å². The van der Waals surface area contributed by atoms with Crippen molar-refractivity contribution in [2.45, 2.75) is 45.6 Å². The molecule has 2 amide bonds. The summed E-state index contributed by atoms with van der Waals surface area (Å²) in [5.41, 5.74) is 0. The maximum absolute atomic E-state index is 12.8. The quantitative estimate of drug-likeness (QED) is 0.709. The highest BCUT2D eigenvalue weighted by molar-refractivity contribution is 5.86. The Morgan fingerprint density at radius 3 is 2.23 bits per heavy atom. The van der Waals surface area contributed by atoms with Gasteiger partial charge < -0.3 is 19.7 Å². The fourth-order valence-electron chi connectivity index (χ4n) is 3.31. The Balaban J connectivity index is 1.92. The Hall–Kier alpha value is -2.12. The fourth-order valence-corrected chi connectivity index (χ4v) is 3.31. The van der Waals surface area contributed by atoms with Crippen molar-refractivity contribution < 1.29 is 28.7 Å². The molecule has 8 nitrogen and oxygen atoms in total. The van der Waals surface area contributed by atoms with Gasteiger partial charge in [-0.1, -0.05) is 13.8 Å². The number of hydrogen-bond donors (Lipinski definition) is 1. The third-order valence-corrected chi connectivity index (χ3v) is 5.03. The van der Waals surface area contributed by atoms with Gasteiger partial charge in [0.2, 0.25) is 5.91 Å². The van der Waals surface area contributed by atoms with Gasteiger partial charge in [0, 0.05) is 26.1 Å². The molecule has 2 fully saturated rings. The van der Waals surface area contributed by atoms with E-state index in [4.69, 9.17) is 9.47 Å². The monoisotopic (exact) mass is 368 g/mol. The molecule has 26 heavy (non-hydrogen) atoms. The van der Waals surface area contributed by atoms with Gasteiger partial charge in [-0.25, -0.2) is 0 Å². The summed E-state index contributed by atoms with van der Waals surface area (Å²) < 4.78 is 10.3. The lowest BCUT2D eigenvalue weighted by Crippen LogP contribution is -2.49. The van der Waals surface area contributed by atoms with E-state index < -0.39 is 18.0 Å². The summed E-state index contributed by atoms with van der Waals surface area (Å²) in [6.07, 6.45) is 0.974. The highest BCUT2D eigenvalue weighted by atomic mass is 16.5. The van der Waals surface area contributed by atoms with Crippen LogP contribution >= 0.6 is 0 Å². The molecular weight excluding hydrogens is 340 g/mol. The van der Waals surface area contributed by atoms with Gasteiger partial charge in [0.15, 0.2) is 6.10 Å². The molecule has 2 atom stereocenters. The van der Waals surface area contributed by atoms with Crippen LogP contribution in [0.25, 0.3) is 0 Å². The Bertz CT molecular complexity index is 544. The van der Waals surface area contributed by atoms with E-state index in [0.29, 0.717) is 38.8 Å². The van der Waals surface area contributed by atoms with E-state index in [1.54, 1.807) is 4.90 Å². The average Bonchev–Trinajstić information content (AvgIpc) is 2.65. The van der Waals surface area contributed by atoms with Crippen molar-refractivity contribution in [2.75, 3.05) is 26.7 Å². The van der Waals surface area contributed by atoms with Gasteiger partial charge in [-0.3, -0.25) is 19.2 Å². The van der Waals surface area contributed by atoms with Gasteiger partial charge in [-0.2, -0.15) is 0 Å². The number of nitrogens with one attached hydrogen (secondary N) is 1. The number of esters is 2. The Morgan fingerprint density at radius 1 is 1.08 bits per heavy atom. The van der Waals surface area contributed by atoms with Crippen molar-refractivity contribution in [1.29, 1.82) is 0 Å². The fraction of sp³-hybridized carbons (Fsp3) is 0.778. The highest BCUT2D eigenvalue weighted by Crippen LogP contribution is 2.22. The van der Waals surface area contributed by atoms with E-state index in [1.807, 2.05) is 13.8 Å². The number of carbonyl (C=O) groups is 4. The number of amides is 2. The van der Waals surface area contributed by atoms with Crippen molar-refractivity contribution in [3.05, 3.63) is 0 Å². The molecule has 8 heteroatoms. The number of hydrogen-bond acceptors (Lipinski definition) is 6. The van der Waals surface area contributed by atoms with Crippen molar-refractivity contribution in [1.82, 2.24) is 10.2 Å². The van der Waals surface area contributed by atoms with Crippen LogP contribution in [0.3, 0.4) is 0 Å². The Morgan fingerprint density at radius 2 is 1.73 bits per heavy atom. The van der Waals surface area contributed by atoms with Crippen LogP contribution < -0.4 is 5.32 Å². The number of likely N-dealkylation sites (tertiary alicyclic amines) is 1. The molecule has 1 N–H and O–H groups in total. The normalized spacial score (nSPS) is 22.5. The molecule has 2 aliphatic rings. The van der Waals surface area contributed by atoms with E-state index in [2.05, 4.69) is 5.32 Å². The average molecular weight is 368 g/mol. The first-order valence-corrected chi connectivity index (χ1v) is 9.17. The molecule has 2 aliphatic heterocycles. The van der Waals surface area contributed by atoms with Crippen LogP contribution in [0.4, 0.5) is 0 Å². The summed E-state index contributed by atoms with van der Waals surface area (Å²) >= 11 is 0. The second-order valence-electron chi connectivity index (χ2n) is 7.26. The molecule has 0 radical (unpaired) electrons. The van der Waals surface area contributed by atoms with Crippen LogP contribution in [0.2, 0.25) is 0 Å². The van der Waals surface area contributed by atoms with E-state index in [-0.39, 0.29) is 36.2 Å². The number of ether oxygens (including phenoxy) is 2. The van der Waals surface area contributed by atoms with Crippen LogP contribution in [-0.2, 0) is 28.7 Å². The molecule has 0 aromatic rings. The largest absolute Gasteiger partial charge is 0.469 e. The summed E-state index contributed by atoms with van der Waals surface area (Å²) in [4.78, 5) is 49.7. The first kappa shape index (κ1) is 20.2. The molecule has 2 saturated heterocycles. The molecule has 2 rings (SSSR count). The van der Waals surface area contributed by atoms with Gasteiger partial charge in [-0.15, -0.1) is 0 Å². The van der Waals surface area contributed by atoms with Crippen LogP contribution in [0.15, 0.2) is 0 Å². The number of piperidine rings is 2. The van der Waals surface area contributed by atoms with Gasteiger partial charge >= 0.3 is 11.9 Å². The third kappa shape index (κ3) is 4.95. The minimum atomic E-state index is -0.852. The summed E-state index contributed by atoms with van der Waals surface area (Å²) in [5.74, 6) is -1.75. The van der Waals surface area contributed by atoms with Gasteiger partial charge in [0.05, 0.1) is 18.9 Å². The molecule has 0 unspecified atom stereocenters. The van der Waals surface area contributed by atoms with Gasteiger partial charge in [0.25, 0.3) is 5.91 Å². The molecule has 2 heterocycles. The minimum absolute atomic E-state index is 0.0704. The number of rotatable bonds is 5. The first-order valence-electron chi connectivity index (χ1n) is 9.17. The van der Waals surface area contributed by atoms with Crippen molar-refractivity contribution in [3.8, 4) is 0 Å². The van der Waals surface area contributed by atoms with E-state index in [9.17, 15) is 19.2 Å². The standard InChI is InChI=1S/C18H28N2O6/c1-11(2)15(26-18(24)13-4-5-14(21)19-10-13)16(22)20-8-6-12(7-9-20)17(23)25-3/h11-13,15H,4-10H2,1-3H3,(H,19,21)/t13-,15+/m0/s1. The van der Waals surface area contributed by atoms with Crippen LogP contribution in [0.1, 0.15) is 39.5 Å². The molecule has 0 bridgehead atoms. The zero-order valence-corrected chi connectivity index (χ0v) is 15.7. The van der Waals surface area contributed by atoms with Gasteiger partial charge in [0.1, 0.15) is 0 Å². The molecule has 0 aromatic heterocycles. The van der Waals surface area contributed by atoms with Crippen molar-refractivity contribution >= 4 is 23.8 Å². The number of methoxy groups -OCH3 is 1. The lowest BCUT2D eigenvalue weighted by atomic mass is 9.95. The molecule has 0 aromatic carbocycles. The van der Waals surface area contributed by atoms with E-state index >= 15 is 0 Å². The van der Waals surface area contributed by atoms with Crippen molar-refractivity contribution in [3.63, 3.8) is 0 Å². The third-order valence-electron chi connectivity index (χ3n) is 5.03. The zero-order chi connectivity index (χ0) is 19.3. The zero-order valence-electron chi connectivity index (χ0n) is 15.7. The lowest BCUT2D eigenvalue weighted by molar-refractivity contribution is -0.168. The highest BCUT2D eigenvalue weighted by Gasteiger charge is 2.36. The second-order valence-corrected chi connectivity index (χ2v) is 7.26. The molecule has 0 aliphatic carbocycles. The van der Waals surface area contributed by atoms with Crippen LogP contribution in [0.5, 0.6) is 0 Å². The summed E-state index contributed by atoms with van der Waals surface area (Å²) in [6, 6.07) is 0. The number of carbonyl (C=O) groups excluding carboxylic acids is 4. The Kier molecular flexibility index (Phi) is 6.99. The summed E-state index contributed by atoms with van der Waals surface area (Å²) in [5, 5.41) is 2.65. The molecular formula is C18H28N2O6. The van der Waals surface area contributed by atoms with E-state index in [1.165, 1.54) is 7.11 Å². The molecule has 146 valence electrons. The SMILES string of the molecule is COC(=O)C1CCN(C(=O)[C@H](OC(=O)[C@H]2CCC(=O)NC2)C(C)C)CC1. The maximum atomic E-state index is 12.8. The van der Waals surface area contributed by atoms with Crippen LogP contribution in [0, 0.1) is 17.8 Å². The van der Waals surface area contributed by atoms with Crippen molar-refractivity contribution in [2.24, 2.45) is 17.8 Å². The van der Waals surface area contributed by atoms with Gasteiger partial charge in [-0.05, 0) is 25.2 Å². The predicted octanol–water partition coefficient (Wildman–Crippen LogP) is 0.492. The predicted molar refractivity (Wildman–Crippen MR) is 91.8 cm³/mol. The molecule has 0 spiro atoms. The smallest absolute Gasteiger partial charge is 0.311 e. The first-order chi connectivity index (χ1) is 12.3. The maximum Gasteiger partial charge on any atom is 0.311 e. The summed E-state index contributed by atoms with van der Waals surface area (Å²) in [6.45, 7) is 4.80. The number of nitrogens with zero attached hydrogens (tertiary/aromatic N) is 1. The second kappa shape index (κ2) is 9.00. The summed E-state index contributed by atoms with van der Waals surface area (Å²) in [7, 11) is 1.36. The lowest BCUT2D eigenvalue weighted by Gasteiger charge is -2.34. The molecule has 0 saturated carbocycles. The van der Waals surface area contributed by atoms with E-state index in [0.717, 1.165) is 0 Å². The Labute approximate surface area is 153 Å². The minimum Gasteiger partial charge on any atom is -0.469 e. The van der Waals surface area contributed by atoms with Crippen LogP contribution in [-0.4, -0.2) is 61.5 Å².